The number of ether oxygens (including phenoxy) is 3. The van der Waals surface area contributed by atoms with Gasteiger partial charge in [0.2, 0.25) is 6.79 Å². The Morgan fingerprint density at radius 3 is 2.54 bits per heavy atom. The minimum absolute atomic E-state index is 0.0627. The molecule has 0 radical (unpaired) electrons. The van der Waals surface area contributed by atoms with E-state index in [2.05, 4.69) is 0 Å². The number of anilines is 1. The lowest BCUT2D eigenvalue weighted by Gasteiger charge is -2.23. The van der Waals surface area contributed by atoms with Crippen LogP contribution in [0.2, 0.25) is 0 Å². The molecule has 4 rings (SSSR count). The Hall–Kier alpha value is -3.26. The van der Waals surface area contributed by atoms with Gasteiger partial charge < -0.3 is 14.2 Å². The molecular formula is C20H17NO6S. The van der Waals surface area contributed by atoms with Gasteiger partial charge in [-0.05, 0) is 35.0 Å². The molecule has 1 heterocycles. The highest BCUT2D eigenvalue weighted by Gasteiger charge is 2.29. The summed E-state index contributed by atoms with van der Waals surface area (Å²) in [5, 5.41) is 1.70. The van der Waals surface area contributed by atoms with Crippen LogP contribution in [0.4, 0.5) is 5.69 Å². The average Bonchev–Trinajstić information content (AvgIpc) is 3.19. The first kappa shape index (κ1) is 18.1. The Morgan fingerprint density at radius 2 is 1.75 bits per heavy atom. The van der Waals surface area contributed by atoms with Crippen LogP contribution in [0.15, 0.2) is 65.6 Å². The second kappa shape index (κ2) is 7.05. The molecule has 7 nitrogen and oxygen atoms in total. The van der Waals surface area contributed by atoms with Gasteiger partial charge in [-0.3, -0.25) is 9.10 Å². The van der Waals surface area contributed by atoms with Gasteiger partial charge in [0, 0.05) is 6.07 Å². The molecular weight excluding hydrogens is 382 g/mol. The number of fused-ring (bicyclic) bond motifs is 2. The third kappa shape index (κ3) is 3.22. The summed E-state index contributed by atoms with van der Waals surface area (Å²) in [5.41, 5.74) is 0.280. The largest absolute Gasteiger partial charge is 0.468 e. The van der Waals surface area contributed by atoms with Crippen LogP contribution in [0.3, 0.4) is 0 Å². The van der Waals surface area contributed by atoms with Gasteiger partial charge in [0.1, 0.15) is 6.54 Å². The molecule has 3 aromatic rings. The zero-order valence-corrected chi connectivity index (χ0v) is 15.8. The Morgan fingerprint density at radius 1 is 1.00 bits per heavy atom. The molecule has 0 saturated carbocycles. The molecule has 1 aliphatic heterocycles. The number of sulfonamides is 1. The van der Waals surface area contributed by atoms with Crippen LogP contribution in [0.1, 0.15) is 0 Å². The van der Waals surface area contributed by atoms with E-state index in [1.165, 1.54) is 19.2 Å². The molecule has 1 aliphatic rings. The van der Waals surface area contributed by atoms with Crippen molar-refractivity contribution in [2.24, 2.45) is 0 Å². The van der Waals surface area contributed by atoms with Crippen LogP contribution >= 0.6 is 0 Å². The predicted octanol–water partition coefficient (Wildman–Crippen LogP) is 2.94. The van der Waals surface area contributed by atoms with Gasteiger partial charge in [-0.1, -0.05) is 30.3 Å². The smallest absolute Gasteiger partial charge is 0.326 e. The van der Waals surface area contributed by atoms with E-state index in [1.54, 1.807) is 24.3 Å². The van der Waals surface area contributed by atoms with Crippen molar-refractivity contribution in [3.8, 4) is 11.5 Å². The van der Waals surface area contributed by atoms with Crippen molar-refractivity contribution in [3.63, 3.8) is 0 Å². The lowest BCUT2D eigenvalue weighted by Crippen LogP contribution is -2.36. The summed E-state index contributed by atoms with van der Waals surface area (Å²) < 4.78 is 43.1. The van der Waals surface area contributed by atoms with Gasteiger partial charge in [-0.2, -0.15) is 0 Å². The Labute approximate surface area is 162 Å². The van der Waals surface area contributed by atoms with E-state index in [4.69, 9.17) is 14.2 Å². The third-order valence-electron chi connectivity index (χ3n) is 4.45. The maximum atomic E-state index is 13.4. The summed E-state index contributed by atoms with van der Waals surface area (Å²) in [6.07, 6.45) is 0. The highest BCUT2D eigenvalue weighted by atomic mass is 32.2. The maximum Gasteiger partial charge on any atom is 0.326 e. The number of esters is 1. The second-order valence-electron chi connectivity index (χ2n) is 6.13. The van der Waals surface area contributed by atoms with Gasteiger partial charge in [0.15, 0.2) is 11.5 Å². The quantitative estimate of drug-likeness (QED) is 0.614. The first-order valence-electron chi connectivity index (χ1n) is 8.47. The number of nitrogens with zero attached hydrogens (tertiary/aromatic N) is 1. The third-order valence-corrected chi connectivity index (χ3v) is 6.22. The molecule has 0 saturated heterocycles. The van der Waals surface area contributed by atoms with Crippen LogP contribution in [-0.4, -0.2) is 34.8 Å². The predicted molar refractivity (Wildman–Crippen MR) is 103 cm³/mol. The second-order valence-corrected chi connectivity index (χ2v) is 8.00. The number of hydrogen-bond acceptors (Lipinski definition) is 6. The topological polar surface area (TPSA) is 82.1 Å². The number of carbonyl (C=O) groups excluding carboxylic acids is 1. The minimum atomic E-state index is -4.03. The molecule has 8 heteroatoms. The van der Waals surface area contributed by atoms with Gasteiger partial charge in [-0.25, -0.2) is 8.42 Å². The van der Waals surface area contributed by atoms with Gasteiger partial charge >= 0.3 is 5.97 Å². The summed E-state index contributed by atoms with van der Waals surface area (Å²) in [6.45, 7) is -0.404. The molecule has 0 unspecified atom stereocenters. The van der Waals surface area contributed by atoms with E-state index in [9.17, 15) is 13.2 Å². The molecule has 28 heavy (non-hydrogen) atoms. The first-order valence-corrected chi connectivity index (χ1v) is 9.91. The van der Waals surface area contributed by atoms with Crippen molar-refractivity contribution in [2.45, 2.75) is 4.90 Å². The summed E-state index contributed by atoms with van der Waals surface area (Å²) in [6, 6.07) is 17.0. The zero-order valence-electron chi connectivity index (χ0n) is 15.0. The summed E-state index contributed by atoms with van der Waals surface area (Å²) in [4.78, 5) is 12.0. The van der Waals surface area contributed by atoms with Crippen LogP contribution in [-0.2, 0) is 19.6 Å². The molecule has 0 aliphatic carbocycles. The Bertz CT molecular complexity index is 1160. The molecule has 0 spiro atoms. The van der Waals surface area contributed by atoms with Crippen LogP contribution in [0.25, 0.3) is 10.8 Å². The van der Waals surface area contributed by atoms with Crippen molar-refractivity contribution in [1.29, 1.82) is 0 Å². The first-order chi connectivity index (χ1) is 13.5. The van der Waals surface area contributed by atoms with Crippen LogP contribution in [0.5, 0.6) is 11.5 Å². The van der Waals surface area contributed by atoms with E-state index in [0.717, 1.165) is 15.1 Å². The fraction of sp³-hybridized carbons (Fsp3) is 0.150. The highest BCUT2D eigenvalue weighted by molar-refractivity contribution is 7.92. The number of benzene rings is 3. The fourth-order valence-corrected chi connectivity index (χ4v) is 4.43. The van der Waals surface area contributed by atoms with E-state index in [1.807, 2.05) is 24.3 Å². The standard InChI is InChI=1S/C20H17NO6S/c1-25-20(22)12-21(16-7-9-18-19(11-16)27-13-26-18)28(23,24)17-8-6-14-4-2-3-5-15(14)10-17/h2-11H,12-13H2,1H3. The van der Waals surface area contributed by atoms with E-state index in [0.29, 0.717) is 11.5 Å². The molecule has 0 aromatic heterocycles. The normalized spacial score (nSPS) is 12.8. The van der Waals surface area contributed by atoms with Gasteiger partial charge in [0.05, 0.1) is 17.7 Å². The SMILES string of the molecule is COC(=O)CN(c1ccc2c(c1)OCO2)S(=O)(=O)c1ccc2ccccc2c1. The lowest BCUT2D eigenvalue weighted by atomic mass is 10.1. The maximum absolute atomic E-state index is 13.4. The number of carbonyl (C=O) groups is 1. The van der Waals surface area contributed by atoms with E-state index < -0.39 is 22.5 Å². The summed E-state index contributed by atoms with van der Waals surface area (Å²) in [7, 11) is -2.82. The summed E-state index contributed by atoms with van der Waals surface area (Å²) in [5.74, 6) is 0.257. The fourth-order valence-electron chi connectivity index (χ4n) is 2.99. The number of hydrogen-bond donors (Lipinski definition) is 0. The molecule has 3 aromatic carbocycles. The lowest BCUT2D eigenvalue weighted by molar-refractivity contribution is -0.138. The van der Waals surface area contributed by atoms with E-state index in [-0.39, 0.29) is 17.4 Å². The summed E-state index contributed by atoms with van der Waals surface area (Å²) >= 11 is 0. The van der Waals surface area contributed by atoms with Crippen molar-refractivity contribution in [3.05, 3.63) is 60.7 Å². The Kier molecular flexibility index (Phi) is 4.56. The zero-order chi connectivity index (χ0) is 19.7. The minimum Gasteiger partial charge on any atom is -0.468 e. The molecule has 0 atom stereocenters. The van der Waals surface area contributed by atoms with Crippen LogP contribution < -0.4 is 13.8 Å². The van der Waals surface area contributed by atoms with Crippen LogP contribution in [0, 0.1) is 0 Å². The molecule has 0 fully saturated rings. The molecule has 144 valence electrons. The molecule has 0 bridgehead atoms. The number of rotatable bonds is 5. The number of methoxy groups -OCH3 is 1. The van der Waals surface area contributed by atoms with Crippen molar-refractivity contribution < 1.29 is 27.4 Å². The monoisotopic (exact) mass is 399 g/mol. The van der Waals surface area contributed by atoms with Crippen molar-refractivity contribution in [2.75, 3.05) is 24.8 Å². The van der Waals surface area contributed by atoms with Crippen molar-refractivity contribution >= 4 is 32.5 Å². The highest BCUT2D eigenvalue weighted by Crippen LogP contribution is 2.37. The van der Waals surface area contributed by atoms with Gasteiger partial charge in [-0.15, -0.1) is 0 Å². The molecule has 0 N–H and O–H groups in total. The Balaban J connectivity index is 1.80. The van der Waals surface area contributed by atoms with Crippen molar-refractivity contribution in [1.82, 2.24) is 0 Å². The van der Waals surface area contributed by atoms with Gasteiger partial charge in [0.25, 0.3) is 10.0 Å². The van der Waals surface area contributed by atoms with E-state index >= 15 is 0 Å². The molecule has 0 amide bonds. The average molecular weight is 399 g/mol.